The lowest BCUT2D eigenvalue weighted by atomic mass is 9.98. The number of hydrogen-bond acceptors (Lipinski definition) is 2. The van der Waals surface area contributed by atoms with E-state index in [1.807, 2.05) is 30.3 Å². The molecule has 0 radical (unpaired) electrons. The van der Waals surface area contributed by atoms with E-state index in [1.54, 1.807) is 12.1 Å². The van der Waals surface area contributed by atoms with Gasteiger partial charge in [0.25, 0.3) is 5.91 Å². The van der Waals surface area contributed by atoms with Crippen LogP contribution in [0.1, 0.15) is 42.1 Å². The van der Waals surface area contributed by atoms with Gasteiger partial charge in [-0.15, -0.1) is 0 Å². The third-order valence-corrected chi connectivity index (χ3v) is 4.10. The van der Waals surface area contributed by atoms with Crippen LogP contribution >= 0.6 is 15.9 Å². The van der Waals surface area contributed by atoms with Gasteiger partial charge in [-0.1, -0.05) is 41.9 Å². The quantitative estimate of drug-likeness (QED) is 0.781. The topological polar surface area (TPSA) is 55.1 Å². The van der Waals surface area contributed by atoms with Crippen molar-refractivity contribution in [1.29, 1.82) is 0 Å². The fourth-order valence-electron chi connectivity index (χ4n) is 2.05. The van der Waals surface area contributed by atoms with Crippen LogP contribution in [0.5, 0.6) is 0 Å². The van der Waals surface area contributed by atoms with Crippen LogP contribution in [0.25, 0.3) is 0 Å². The molecule has 2 aromatic rings. The second-order valence-corrected chi connectivity index (χ2v) is 6.03. The van der Waals surface area contributed by atoms with E-state index >= 15 is 0 Å². The molecule has 0 saturated heterocycles. The van der Waals surface area contributed by atoms with Gasteiger partial charge in [0.15, 0.2) is 0 Å². The van der Waals surface area contributed by atoms with E-state index in [4.69, 9.17) is 5.73 Å². The third kappa shape index (κ3) is 3.85. The molecule has 3 N–H and O–H groups in total. The number of carbonyl (C=O) groups is 1. The Kier molecular flexibility index (Phi) is 5.02. The number of rotatable bonds is 4. The molecule has 21 heavy (non-hydrogen) atoms. The molecule has 0 aliphatic heterocycles. The Bertz CT molecular complexity index is 638. The van der Waals surface area contributed by atoms with E-state index in [9.17, 15) is 4.79 Å². The van der Waals surface area contributed by atoms with Crippen molar-refractivity contribution in [2.45, 2.75) is 26.2 Å². The summed E-state index contributed by atoms with van der Waals surface area (Å²) in [5.41, 5.74) is 8.82. The number of benzene rings is 2. The normalized spacial score (nSPS) is 12.0. The predicted molar refractivity (Wildman–Crippen MR) is 91.7 cm³/mol. The number of carbonyl (C=O) groups excluding carboxylic acids is 1. The minimum absolute atomic E-state index is 0.204. The average molecular weight is 347 g/mol. The first kappa shape index (κ1) is 15.6. The summed E-state index contributed by atoms with van der Waals surface area (Å²) in [6.07, 6.45) is 1.10. The maximum atomic E-state index is 12.3. The number of nitrogen functional groups attached to an aromatic ring is 1. The van der Waals surface area contributed by atoms with E-state index in [2.05, 4.69) is 35.1 Å². The summed E-state index contributed by atoms with van der Waals surface area (Å²) in [6, 6.07) is 13.2. The number of nitrogens with two attached hydrogens (primary N) is 1. The first-order valence-corrected chi connectivity index (χ1v) is 7.77. The van der Waals surface area contributed by atoms with Gasteiger partial charge in [-0.25, -0.2) is 0 Å². The van der Waals surface area contributed by atoms with Gasteiger partial charge in [0.2, 0.25) is 0 Å². The van der Waals surface area contributed by atoms with E-state index in [0.29, 0.717) is 17.2 Å². The van der Waals surface area contributed by atoms with Crippen LogP contribution < -0.4 is 11.1 Å². The predicted octanol–water partition coefficient (Wildman–Crippen LogP) is 4.80. The third-order valence-electron chi connectivity index (χ3n) is 3.61. The minimum Gasteiger partial charge on any atom is -0.398 e. The van der Waals surface area contributed by atoms with Crippen LogP contribution in [-0.4, -0.2) is 5.91 Å². The van der Waals surface area contributed by atoms with Gasteiger partial charge in [0, 0.05) is 15.8 Å². The molecule has 0 bridgehead atoms. The molecule has 0 fully saturated rings. The van der Waals surface area contributed by atoms with Crippen molar-refractivity contribution in [1.82, 2.24) is 0 Å². The summed E-state index contributed by atoms with van der Waals surface area (Å²) in [4.78, 5) is 12.3. The Morgan fingerprint density at radius 3 is 2.52 bits per heavy atom. The summed E-state index contributed by atoms with van der Waals surface area (Å²) < 4.78 is 0.828. The van der Waals surface area contributed by atoms with Gasteiger partial charge in [-0.2, -0.15) is 0 Å². The zero-order valence-corrected chi connectivity index (χ0v) is 13.8. The van der Waals surface area contributed by atoms with Crippen LogP contribution in [0.4, 0.5) is 11.4 Å². The van der Waals surface area contributed by atoms with Crippen LogP contribution in [0.3, 0.4) is 0 Å². The van der Waals surface area contributed by atoms with Gasteiger partial charge < -0.3 is 11.1 Å². The van der Waals surface area contributed by atoms with Crippen molar-refractivity contribution < 1.29 is 4.79 Å². The molecule has 110 valence electrons. The van der Waals surface area contributed by atoms with Crippen molar-refractivity contribution in [3.05, 3.63) is 58.1 Å². The zero-order valence-electron chi connectivity index (χ0n) is 12.2. The lowest BCUT2D eigenvalue weighted by Crippen LogP contribution is -2.14. The lowest BCUT2D eigenvalue weighted by Gasteiger charge is -2.11. The standard InChI is InChI=1S/C17H19BrN2O/c1-3-11(2)12-4-7-14(8-5-12)20-17(21)15-10-13(18)6-9-16(15)19/h4-11H,3,19H2,1-2H3,(H,20,21). The smallest absolute Gasteiger partial charge is 0.257 e. The Morgan fingerprint density at radius 2 is 1.90 bits per heavy atom. The molecule has 0 aromatic heterocycles. The van der Waals surface area contributed by atoms with Crippen molar-refractivity contribution in [3.63, 3.8) is 0 Å². The zero-order chi connectivity index (χ0) is 15.4. The first-order chi connectivity index (χ1) is 10.0. The number of hydrogen-bond donors (Lipinski definition) is 2. The molecule has 2 rings (SSSR count). The Labute approximate surface area is 133 Å². The number of nitrogens with one attached hydrogen (secondary N) is 1. The summed E-state index contributed by atoms with van der Waals surface area (Å²) >= 11 is 3.35. The van der Waals surface area contributed by atoms with Gasteiger partial charge in [0.05, 0.1) is 5.56 Å². The summed E-state index contributed by atoms with van der Waals surface area (Å²) in [5, 5.41) is 2.87. The lowest BCUT2D eigenvalue weighted by molar-refractivity contribution is 0.102. The molecule has 0 aliphatic rings. The highest BCUT2D eigenvalue weighted by atomic mass is 79.9. The Morgan fingerprint density at radius 1 is 1.24 bits per heavy atom. The highest BCUT2D eigenvalue weighted by Gasteiger charge is 2.11. The molecule has 2 aromatic carbocycles. The fourth-order valence-corrected chi connectivity index (χ4v) is 2.42. The van der Waals surface area contributed by atoms with E-state index in [-0.39, 0.29) is 5.91 Å². The number of amides is 1. The molecule has 0 saturated carbocycles. The average Bonchev–Trinajstić information content (AvgIpc) is 2.49. The number of anilines is 2. The van der Waals surface area contributed by atoms with Gasteiger partial charge >= 0.3 is 0 Å². The molecular weight excluding hydrogens is 328 g/mol. The molecule has 1 atom stereocenters. The van der Waals surface area contributed by atoms with Crippen LogP contribution in [-0.2, 0) is 0 Å². The Hall–Kier alpha value is -1.81. The molecule has 0 aliphatic carbocycles. The summed E-state index contributed by atoms with van der Waals surface area (Å²) in [5.74, 6) is 0.320. The molecule has 0 heterocycles. The van der Waals surface area contributed by atoms with Crippen molar-refractivity contribution in [2.24, 2.45) is 0 Å². The second kappa shape index (κ2) is 6.76. The van der Waals surface area contributed by atoms with Crippen LogP contribution in [0, 0.1) is 0 Å². The first-order valence-electron chi connectivity index (χ1n) is 6.97. The van der Waals surface area contributed by atoms with E-state index in [0.717, 1.165) is 16.6 Å². The molecular formula is C17H19BrN2O. The molecule has 3 nitrogen and oxygen atoms in total. The largest absolute Gasteiger partial charge is 0.398 e. The maximum Gasteiger partial charge on any atom is 0.257 e. The summed E-state index contributed by atoms with van der Waals surface area (Å²) in [6.45, 7) is 4.35. The number of halogens is 1. The molecule has 4 heteroatoms. The van der Waals surface area contributed by atoms with Crippen molar-refractivity contribution in [3.8, 4) is 0 Å². The SMILES string of the molecule is CCC(C)c1ccc(NC(=O)c2cc(Br)ccc2N)cc1. The maximum absolute atomic E-state index is 12.3. The molecule has 1 amide bonds. The van der Waals surface area contributed by atoms with Crippen molar-refractivity contribution in [2.75, 3.05) is 11.1 Å². The van der Waals surface area contributed by atoms with Crippen LogP contribution in [0.15, 0.2) is 46.9 Å². The Balaban J connectivity index is 2.14. The second-order valence-electron chi connectivity index (χ2n) is 5.12. The van der Waals surface area contributed by atoms with Crippen LogP contribution in [0.2, 0.25) is 0 Å². The highest BCUT2D eigenvalue weighted by molar-refractivity contribution is 9.10. The summed E-state index contributed by atoms with van der Waals surface area (Å²) in [7, 11) is 0. The molecule has 1 unspecified atom stereocenters. The van der Waals surface area contributed by atoms with Gasteiger partial charge in [-0.3, -0.25) is 4.79 Å². The van der Waals surface area contributed by atoms with E-state index < -0.39 is 0 Å². The fraction of sp³-hybridized carbons (Fsp3) is 0.235. The van der Waals surface area contributed by atoms with Gasteiger partial charge in [-0.05, 0) is 48.2 Å². The highest BCUT2D eigenvalue weighted by Crippen LogP contribution is 2.22. The van der Waals surface area contributed by atoms with Gasteiger partial charge in [0.1, 0.15) is 0 Å². The molecule has 0 spiro atoms. The van der Waals surface area contributed by atoms with E-state index in [1.165, 1.54) is 5.56 Å². The van der Waals surface area contributed by atoms with Crippen molar-refractivity contribution >= 4 is 33.2 Å². The minimum atomic E-state index is -0.204. The monoisotopic (exact) mass is 346 g/mol.